The van der Waals surface area contributed by atoms with E-state index in [0.29, 0.717) is 11.3 Å². The first-order valence-electron chi connectivity index (χ1n) is 5.14. The molecule has 6 heteroatoms. The molecule has 0 spiro atoms. The molecule has 0 saturated heterocycles. The predicted molar refractivity (Wildman–Crippen MR) is 71.8 cm³/mol. The second kappa shape index (κ2) is 5.84. The van der Waals surface area contributed by atoms with Gasteiger partial charge in [-0.25, -0.2) is 8.42 Å². The maximum absolute atomic E-state index is 12.0. The lowest BCUT2D eigenvalue weighted by Gasteiger charge is -2.13. The van der Waals surface area contributed by atoms with Crippen molar-refractivity contribution in [2.75, 3.05) is 13.7 Å². The lowest BCUT2D eigenvalue weighted by atomic mass is 10.2. The molecule has 0 heterocycles. The third-order valence-electron chi connectivity index (χ3n) is 2.54. The van der Waals surface area contributed by atoms with Crippen LogP contribution < -0.4 is 10.5 Å². The Kier molecular flexibility index (Phi) is 4.97. The molecule has 0 aliphatic rings. The van der Waals surface area contributed by atoms with Crippen LogP contribution in [-0.4, -0.2) is 27.3 Å². The van der Waals surface area contributed by atoms with Crippen LogP contribution in [0.3, 0.4) is 0 Å². The number of ether oxygens (including phenoxy) is 1. The maximum Gasteiger partial charge on any atom is 0.158 e. The van der Waals surface area contributed by atoms with Crippen molar-refractivity contribution >= 4 is 25.8 Å². The van der Waals surface area contributed by atoms with Gasteiger partial charge in [0.15, 0.2) is 9.84 Å². The van der Waals surface area contributed by atoms with Gasteiger partial charge in [-0.05, 0) is 25.1 Å². The lowest BCUT2D eigenvalue weighted by molar-refractivity contribution is 0.411. The summed E-state index contributed by atoms with van der Waals surface area (Å²) in [7, 11) is -1.72. The topological polar surface area (TPSA) is 69.4 Å². The summed E-state index contributed by atoms with van der Waals surface area (Å²) in [4.78, 5) is 0. The van der Waals surface area contributed by atoms with Gasteiger partial charge < -0.3 is 10.5 Å². The second-order valence-corrected chi connectivity index (χ2v) is 7.14. The Hall–Kier alpha value is -0.590. The fraction of sp³-hybridized carbons (Fsp3) is 0.455. The maximum atomic E-state index is 12.0. The summed E-state index contributed by atoms with van der Waals surface area (Å²) >= 11 is 3.31. The fourth-order valence-corrected chi connectivity index (χ4v) is 3.01. The molecule has 2 N–H and O–H groups in total. The molecule has 0 radical (unpaired) electrons. The second-order valence-electron chi connectivity index (χ2n) is 3.81. The number of sulfone groups is 1. The molecule has 0 aliphatic carbocycles. The number of halogens is 1. The van der Waals surface area contributed by atoms with E-state index in [1.54, 1.807) is 25.1 Å². The normalized spacial score (nSPS) is 13.4. The zero-order chi connectivity index (χ0) is 13.1. The molecule has 0 amide bonds. The highest BCUT2D eigenvalue weighted by Crippen LogP contribution is 2.25. The molecule has 96 valence electrons. The van der Waals surface area contributed by atoms with Crippen LogP contribution >= 0.6 is 15.9 Å². The minimum absolute atomic E-state index is 0.0615. The smallest absolute Gasteiger partial charge is 0.158 e. The Morgan fingerprint density at radius 1 is 1.47 bits per heavy atom. The van der Waals surface area contributed by atoms with Gasteiger partial charge in [-0.2, -0.15) is 0 Å². The lowest BCUT2D eigenvalue weighted by Crippen LogP contribution is -2.27. The Balaban J connectivity index is 3.06. The van der Waals surface area contributed by atoms with Gasteiger partial charge >= 0.3 is 0 Å². The van der Waals surface area contributed by atoms with Crippen molar-refractivity contribution in [1.82, 2.24) is 0 Å². The van der Waals surface area contributed by atoms with Crippen LogP contribution in [0.2, 0.25) is 0 Å². The molecule has 1 atom stereocenters. The van der Waals surface area contributed by atoms with Gasteiger partial charge in [0.1, 0.15) is 5.75 Å². The minimum Gasteiger partial charge on any atom is -0.496 e. The van der Waals surface area contributed by atoms with Gasteiger partial charge in [0.25, 0.3) is 0 Å². The number of nitrogens with two attached hydrogens (primary N) is 1. The summed E-state index contributed by atoms with van der Waals surface area (Å²) < 4.78 is 29.9. The third-order valence-corrected chi connectivity index (χ3v) is 5.17. The number of rotatable bonds is 5. The molecule has 0 fully saturated rings. The van der Waals surface area contributed by atoms with E-state index in [4.69, 9.17) is 10.5 Å². The first-order valence-corrected chi connectivity index (χ1v) is 7.65. The summed E-state index contributed by atoms with van der Waals surface area (Å²) in [6.45, 7) is 1.73. The zero-order valence-corrected chi connectivity index (χ0v) is 12.2. The van der Waals surface area contributed by atoms with E-state index in [2.05, 4.69) is 15.9 Å². The van der Waals surface area contributed by atoms with Crippen LogP contribution in [0.15, 0.2) is 22.7 Å². The van der Waals surface area contributed by atoms with Crippen molar-refractivity contribution in [2.24, 2.45) is 5.73 Å². The van der Waals surface area contributed by atoms with E-state index >= 15 is 0 Å². The highest BCUT2D eigenvalue weighted by Gasteiger charge is 2.21. The summed E-state index contributed by atoms with van der Waals surface area (Å²) in [6.07, 6.45) is 0. The Morgan fingerprint density at radius 3 is 2.65 bits per heavy atom. The van der Waals surface area contributed by atoms with E-state index in [9.17, 15) is 8.42 Å². The summed E-state index contributed by atoms with van der Waals surface area (Å²) in [5, 5.41) is -0.550. The van der Waals surface area contributed by atoms with Crippen LogP contribution in [0.4, 0.5) is 0 Å². The van der Waals surface area contributed by atoms with Crippen molar-refractivity contribution in [2.45, 2.75) is 17.9 Å². The van der Waals surface area contributed by atoms with Gasteiger partial charge in [0.2, 0.25) is 0 Å². The first kappa shape index (κ1) is 14.5. The van der Waals surface area contributed by atoms with Crippen LogP contribution in [0, 0.1) is 0 Å². The van der Waals surface area contributed by atoms with Crippen molar-refractivity contribution < 1.29 is 13.2 Å². The quantitative estimate of drug-likeness (QED) is 0.896. The molecule has 0 aliphatic heterocycles. The molecule has 0 aromatic heterocycles. The largest absolute Gasteiger partial charge is 0.496 e. The summed E-state index contributed by atoms with van der Waals surface area (Å²) in [6, 6.07) is 5.29. The van der Waals surface area contributed by atoms with Gasteiger partial charge in [-0.1, -0.05) is 15.9 Å². The Labute approximate surface area is 110 Å². The highest BCUT2D eigenvalue weighted by atomic mass is 79.9. The van der Waals surface area contributed by atoms with Gasteiger partial charge in [-0.3, -0.25) is 0 Å². The van der Waals surface area contributed by atoms with E-state index in [-0.39, 0.29) is 12.3 Å². The number of hydrogen-bond donors (Lipinski definition) is 1. The van der Waals surface area contributed by atoms with Crippen molar-refractivity contribution in [1.29, 1.82) is 0 Å². The van der Waals surface area contributed by atoms with Gasteiger partial charge in [0.05, 0.1) is 18.1 Å². The first-order chi connectivity index (χ1) is 7.90. The number of hydrogen-bond acceptors (Lipinski definition) is 4. The monoisotopic (exact) mass is 321 g/mol. The molecule has 1 aromatic carbocycles. The molecule has 1 unspecified atom stereocenters. The molecular formula is C11H16BrNO3S. The molecule has 0 bridgehead atoms. The van der Waals surface area contributed by atoms with E-state index in [0.717, 1.165) is 4.47 Å². The molecular weight excluding hydrogens is 306 g/mol. The van der Waals surface area contributed by atoms with Gasteiger partial charge in [0, 0.05) is 16.6 Å². The average Bonchev–Trinajstić information content (AvgIpc) is 2.27. The van der Waals surface area contributed by atoms with Crippen LogP contribution in [-0.2, 0) is 15.6 Å². The minimum atomic E-state index is -3.24. The molecule has 1 aromatic rings. The van der Waals surface area contributed by atoms with E-state index in [1.807, 2.05) is 0 Å². The molecule has 1 rings (SSSR count). The van der Waals surface area contributed by atoms with E-state index < -0.39 is 15.1 Å². The van der Waals surface area contributed by atoms with Crippen molar-refractivity contribution in [3.8, 4) is 5.75 Å². The summed E-state index contributed by atoms with van der Waals surface area (Å²) in [5.74, 6) is 0.509. The number of benzene rings is 1. The third kappa shape index (κ3) is 3.69. The van der Waals surface area contributed by atoms with Crippen molar-refractivity contribution in [3.63, 3.8) is 0 Å². The number of methoxy groups -OCH3 is 1. The highest BCUT2D eigenvalue weighted by molar-refractivity contribution is 9.10. The van der Waals surface area contributed by atoms with Crippen LogP contribution in [0.1, 0.15) is 12.5 Å². The predicted octanol–water partition coefficient (Wildman–Crippen LogP) is 1.72. The van der Waals surface area contributed by atoms with Gasteiger partial charge in [-0.15, -0.1) is 0 Å². The van der Waals surface area contributed by atoms with Crippen LogP contribution in [0.25, 0.3) is 0 Å². The van der Waals surface area contributed by atoms with Crippen LogP contribution in [0.5, 0.6) is 5.75 Å². The van der Waals surface area contributed by atoms with Crippen molar-refractivity contribution in [3.05, 3.63) is 28.2 Å². The molecule has 17 heavy (non-hydrogen) atoms. The Morgan fingerprint density at radius 2 is 2.12 bits per heavy atom. The molecule has 4 nitrogen and oxygen atoms in total. The average molecular weight is 322 g/mol. The molecule has 0 saturated carbocycles. The zero-order valence-electron chi connectivity index (χ0n) is 9.81. The standard InChI is InChI=1S/C11H16BrNO3S/c1-8(6-13)17(14,15)7-9-5-10(12)3-4-11(9)16-2/h3-5,8H,6-7,13H2,1-2H3. The Bertz CT molecular complexity index is 487. The van der Waals surface area contributed by atoms with E-state index in [1.165, 1.54) is 7.11 Å². The fourth-order valence-electron chi connectivity index (χ4n) is 1.37. The SMILES string of the molecule is COc1ccc(Br)cc1CS(=O)(=O)C(C)CN. The summed E-state index contributed by atoms with van der Waals surface area (Å²) in [5.41, 5.74) is 6.03.